The Kier molecular flexibility index (Phi) is 18.7. The first-order valence-corrected chi connectivity index (χ1v) is 52.8. The highest BCUT2D eigenvalue weighted by atomic mass is 16.3. The van der Waals surface area contributed by atoms with Crippen molar-refractivity contribution in [2.45, 2.75) is 113 Å². The van der Waals surface area contributed by atoms with E-state index in [0.717, 1.165) is 110 Å². The van der Waals surface area contributed by atoms with Crippen LogP contribution in [-0.2, 0) is 16.2 Å². The molecule has 12 bridgehead atoms. The highest BCUT2D eigenvalue weighted by Crippen LogP contribution is 2.74. The zero-order valence-electron chi connectivity index (χ0n) is 79.6. The van der Waals surface area contributed by atoms with Gasteiger partial charge in [0.25, 0.3) is 0 Å². The lowest BCUT2D eigenvalue weighted by Crippen LogP contribution is -2.55. The predicted octanol–water partition coefficient (Wildman–Crippen LogP) is 36.1. The minimum absolute atomic E-state index is 0.141. The number of hydrogen-bond donors (Lipinski definition) is 0. The fourth-order valence-electron chi connectivity index (χ4n) is 33.0. The third-order valence-corrected chi connectivity index (χ3v) is 37.4. The molecule has 20 aromatic rings. The van der Waals surface area contributed by atoms with Gasteiger partial charge in [-0.1, -0.05) is 297 Å². The summed E-state index contributed by atoms with van der Waals surface area (Å²) in [5, 5.41) is 7.46. The molecule has 3 spiro atoms. The molecule has 0 aliphatic heterocycles. The van der Waals surface area contributed by atoms with Crippen molar-refractivity contribution in [3.63, 3.8) is 0 Å². The third-order valence-electron chi connectivity index (χ3n) is 37.4. The Morgan fingerprint density at radius 1 is 0.199 bits per heavy atom. The summed E-state index contributed by atoms with van der Waals surface area (Å²) in [6.45, 7) is 0. The van der Waals surface area contributed by atoms with Gasteiger partial charge in [-0.2, -0.15) is 0 Å². The van der Waals surface area contributed by atoms with E-state index >= 15 is 0 Å². The summed E-state index contributed by atoms with van der Waals surface area (Å²) < 4.78 is 8.84. The summed E-state index contributed by atoms with van der Waals surface area (Å²) in [4.78, 5) is 7.47. The molecule has 0 amide bonds. The topological polar surface area (TPSA) is 27.8 Å². The molecule has 0 saturated heterocycles. The van der Waals surface area contributed by atoms with Crippen molar-refractivity contribution in [2.75, 3.05) is 14.7 Å². The maximum absolute atomic E-state index is 6.41. The van der Waals surface area contributed by atoms with Gasteiger partial charge in [0.2, 0.25) is 0 Å². The molecule has 12 fully saturated rings. The monoisotopic (exact) mass is 1820 g/mol. The quantitative estimate of drug-likeness (QED) is 0.122. The maximum atomic E-state index is 6.41. The van der Waals surface area contributed by atoms with Gasteiger partial charge in [-0.15, -0.1) is 0 Å². The molecule has 18 aromatic carbocycles. The van der Waals surface area contributed by atoms with E-state index in [0.29, 0.717) is 0 Å². The van der Waals surface area contributed by atoms with Gasteiger partial charge in [-0.25, -0.2) is 0 Å². The van der Waals surface area contributed by atoms with Crippen molar-refractivity contribution in [1.82, 2.24) is 4.57 Å². The van der Waals surface area contributed by atoms with E-state index in [1.54, 1.807) is 33.4 Å². The lowest BCUT2D eigenvalue weighted by atomic mass is 9.43. The Morgan fingerprint density at radius 2 is 0.511 bits per heavy atom. The number of anilines is 9. The highest BCUT2D eigenvalue weighted by Gasteiger charge is 2.65. The lowest BCUT2D eigenvalue weighted by Gasteiger charge is -2.61. The number of benzene rings is 18. The Morgan fingerprint density at radius 3 is 0.979 bits per heavy atom. The average Bonchev–Trinajstić information content (AvgIpc) is 1.53. The van der Waals surface area contributed by atoms with Gasteiger partial charge in [0, 0.05) is 99.9 Å². The number of nitrogens with zero attached hydrogens (tertiary/aromatic N) is 4. The normalized spacial score (nSPS) is 25.0. The van der Waals surface area contributed by atoms with Crippen molar-refractivity contribution < 1.29 is 4.42 Å². The van der Waals surface area contributed by atoms with E-state index in [9.17, 15) is 0 Å². The Balaban J connectivity index is 0.0000000992. The molecule has 141 heavy (non-hydrogen) atoms. The molecule has 2 heterocycles. The SMILES string of the molecule is c1ccc(-c2ccc(N(c3ccccc3)c3ccc4c(c3)C3(c5ccccc5-4)C4CC5CC(C4)CC3C5)c3ccccc23)cc1.c1ccc(N(c2ccc(-c3cccc4c3oc3ccccc34)cc2)c2ccc3c(c2)C2(c4ccccc4-3)C3CC4CC(C3)CC2C4)cc1.c1ccc(N(c2cccc(-n3c4ccccc4c4ccccc43)c2)c2ccc3c(c2)C2(c4ccccc4-3)C3CC4CC(C3)CC2C4)cc1. The molecule has 682 valence electrons. The van der Waals surface area contributed by atoms with E-state index in [1.807, 2.05) is 6.07 Å². The number of rotatable bonds is 12. The number of para-hydroxylation sites is 7. The third kappa shape index (κ3) is 12.4. The Labute approximate surface area is 826 Å². The van der Waals surface area contributed by atoms with Crippen LogP contribution in [0.4, 0.5) is 51.2 Å². The smallest absolute Gasteiger partial charge is 0.143 e. The molecule has 0 radical (unpaired) electrons. The average molecular weight is 1820 g/mol. The summed E-state index contributed by atoms with van der Waals surface area (Å²) in [6, 6.07) is 159. The van der Waals surface area contributed by atoms with Crippen LogP contribution in [0, 0.1) is 71.0 Å². The van der Waals surface area contributed by atoms with Gasteiger partial charge in [-0.05, 0) is 384 Å². The van der Waals surface area contributed by atoms with Crippen molar-refractivity contribution in [2.24, 2.45) is 71.0 Å². The van der Waals surface area contributed by atoms with Gasteiger partial charge >= 0.3 is 0 Å². The van der Waals surface area contributed by atoms with Crippen LogP contribution >= 0.6 is 0 Å². The molecular weight excluding hydrogens is 1710 g/mol. The summed E-state index contributed by atoms with van der Waals surface area (Å²) in [5.41, 5.74) is 40.1. The van der Waals surface area contributed by atoms with Gasteiger partial charge in [0.15, 0.2) is 0 Å². The maximum Gasteiger partial charge on any atom is 0.143 e. The fraction of sp³-hybridized carbons (Fsp3) is 0.221. The summed E-state index contributed by atoms with van der Waals surface area (Å²) >= 11 is 0. The zero-order valence-corrected chi connectivity index (χ0v) is 79.6. The van der Waals surface area contributed by atoms with E-state index in [2.05, 4.69) is 438 Å². The van der Waals surface area contributed by atoms with Crippen molar-refractivity contribution in [3.8, 4) is 61.3 Å². The minimum atomic E-state index is 0.141. The number of fused-ring (bicyclic) bond motifs is 16. The number of aromatic nitrogens is 1. The van der Waals surface area contributed by atoms with E-state index < -0.39 is 0 Å². The van der Waals surface area contributed by atoms with Gasteiger partial charge in [-0.3, -0.25) is 0 Å². The van der Waals surface area contributed by atoms with Crippen LogP contribution < -0.4 is 14.7 Å². The fourth-order valence-corrected chi connectivity index (χ4v) is 33.0. The summed E-state index contributed by atoms with van der Waals surface area (Å²) in [6.07, 6.45) is 21.2. The zero-order chi connectivity index (χ0) is 92.3. The standard InChI is InChI=1S/C46H38N2.C46H37NO.C44H37N/c1-2-11-34(12-3-1)47(35-13-10-14-36(28-35)48-44-19-8-5-16-40(44)41-17-6-9-20-45(41)48)37-21-22-39-38-15-4-7-18-42(38)46(43(39)29-37)32-24-30-23-31(26-32)27-33(46)25-30;1-2-9-34(10-3-1)47(35-19-17-31(18-20-35)37-13-8-14-41-40-12-5-7-16-44(40)48-45(37)41)36-21-22-39-38-11-4-6-15-42(38)46(43(39)28-36)32-24-29-23-30(26-32)27-33(46)25-29;1-3-11-31(12-4-1)36-21-22-43(40-17-8-7-15-37(36)40)45(34-13-5-2-6-14-34)35-19-20-39-38-16-9-10-18-41(38)44(42(39)28-35)32-24-29-23-30(26-32)27-33(44)25-29/h1-22,28-33H,23-27H2;1-22,28-30,32-33H,23-27H2;1-22,28-30,32-33H,23-27H2. The van der Waals surface area contributed by atoms with E-state index in [-0.39, 0.29) is 16.2 Å². The molecular formula is C136H112N4O. The molecule has 2 aromatic heterocycles. The van der Waals surface area contributed by atoms with Crippen molar-refractivity contribution >= 4 is 106 Å². The summed E-state index contributed by atoms with van der Waals surface area (Å²) in [7, 11) is 0. The van der Waals surface area contributed by atoms with Crippen LogP contribution in [-0.4, -0.2) is 4.57 Å². The molecule has 5 heteroatoms. The molecule has 35 rings (SSSR count). The molecule has 15 aliphatic carbocycles. The minimum Gasteiger partial charge on any atom is -0.455 e. The van der Waals surface area contributed by atoms with Crippen LogP contribution in [0.25, 0.3) is 116 Å². The number of furan rings is 1. The Hall–Kier alpha value is -14.8. The molecule has 0 unspecified atom stereocenters. The first-order valence-electron chi connectivity index (χ1n) is 52.8. The van der Waals surface area contributed by atoms with Gasteiger partial charge in [0.1, 0.15) is 11.2 Å². The van der Waals surface area contributed by atoms with Crippen LogP contribution in [0.3, 0.4) is 0 Å². The first kappa shape index (κ1) is 82.1. The van der Waals surface area contributed by atoms with Crippen LogP contribution in [0.1, 0.15) is 130 Å². The van der Waals surface area contributed by atoms with Crippen molar-refractivity contribution in [3.05, 3.63) is 458 Å². The molecule has 5 nitrogen and oxygen atoms in total. The van der Waals surface area contributed by atoms with E-state index in [1.165, 1.54) is 225 Å². The second-order valence-electron chi connectivity index (χ2n) is 44.1. The van der Waals surface area contributed by atoms with Gasteiger partial charge < -0.3 is 23.7 Å². The molecule has 0 N–H and O–H groups in total. The second-order valence-corrected chi connectivity index (χ2v) is 44.1. The predicted molar refractivity (Wildman–Crippen MR) is 583 cm³/mol. The first-order chi connectivity index (χ1) is 69.8. The lowest BCUT2D eigenvalue weighted by molar-refractivity contribution is -0.0399. The van der Waals surface area contributed by atoms with Crippen LogP contribution in [0.5, 0.6) is 0 Å². The highest BCUT2D eigenvalue weighted by molar-refractivity contribution is 6.12. The largest absolute Gasteiger partial charge is 0.455 e. The van der Waals surface area contributed by atoms with Gasteiger partial charge in [0.05, 0.1) is 16.7 Å². The Bertz CT molecular complexity index is 8230. The number of hydrogen-bond acceptors (Lipinski definition) is 4. The van der Waals surface area contributed by atoms with Crippen LogP contribution in [0.2, 0.25) is 0 Å². The molecule has 0 atom stereocenters. The molecule has 12 saturated carbocycles. The second kappa shape index (κ2) is 32.1. The summed E-state index contributed by atoms with van der Waals surface area (Å²) in [5.74, 6) is 10.1. The van der Waals surface area contributed by atoms with Crippen molar-refractivity contribution in [1.29, 1.82) is 0 Å². The molecule has 15 aliphatic rings. The van der Waals surface area contributed by atoms with E-state index in [4.69, 9.17) is 4.42 Å². The van der Waals surface area contributed by atoms with Crippen LogP contribution in [0.15, 0.2) is 429 Å².